The number of urea groups is 1. The smallest absolute Gasteiger partial charge is 0.281 e. The summed E-state index contributed by atoms with van der Waals surface area (Å²) in [5, 5.41) is 3.70. The first-order valence-electron chi connectivity index (χ1n) is 3.86. The van der Waals surface area contributed by atoms with E-state index in [-0.39, 0.29) is 6.03 Å². The molecule has 1 aromatic heterocycles. The SMILES string of the molecule is CSNC(=O)N/N=C/c1ccccn1. The van der Waals surface area contributed by atoms with Gasteiger partial charge in [0.25, 0.3) is 0 Å². The highest BCUT2D eigenvalue weighted by molar-refractivity contribution is 7.97. The number of hydrazone groups is 1. The second-order valence-corrected chi connectivity index (χ2v) is 2.87. The molecule has 0 atom stereocenters. The standard InChI is InChI=1S/C8H10N4OS/c1-14-12-8(13)11-10-6-7-4-2-3-5-9-7/h2-6H,1H3,(H2,11,12,13)/b10-6+. The molecule has 1 rings (SSSR count). The van der Waals surface area contributed by atoms with Gasteiger partial charge in [-0.25, -0.2) is 10.2 Å². The van der Waals surface area contributed by atoms with Gasteiger partial charge in [0.15, 0.2) is 0 Å². The number of carbonyl (C=O) groups excluding carboxylic acids is 1. The van der Waals surface area contributed by atoms with Gasteiger partial charge in [0.2, 0.25) is 0 Å². The second kappa shape index (κ2) is 5.98. The van der Waals surface area contributed by atoms with Gasteiger partial charge in [-0.05, 0) is 12.1 Å². The molecule has 0 radical (unpaired) electrons. The Bertz CT molecular complexity index is 314. The fraction of sp³-hybridized carbons (Fsp3) is 0.125. The van der Waals surface area contributed by atoms with Crippen molar-refractivity contribution in [1.82, 2.24) is 15.1 Å². The van der Waals surface area contributed by atoms with Crippen LogP contribution < -0.4 is 10.1 Å². The minimum absolute atomic E-state index is 0.357. The Balaban J connectivity index is 2.38. The van der Waals surface area contributed by atoms with Crippen LogP contribution in [0.25, 0.3) is 0 Å². The van der Waals surface area contributed by atoms with Crippen LogP contribution in [0.5, 0.6) is 0 Å². The summed E-state index contributed by atoms with van der Waals surface area (Å²) in [6, 6.07) is 5.09. The van der Waals surface area contributed by atoms with Gasteiger partial charge in [-0.2, -0.15) is 5.10 Å². The van der Waals surface area contributed by atoms with Crippen LogP contribution in [0.2, 0.25) is 0 Å². The van der Waals surface area contributed by atoms with Gasteiger partial charge < -0.3 is 0 Å². The molecular weight excluding hydrogens is 200 g/mol. The number of nitrogens with one attached hydrogen (secondary N) is 2. The van der Waals surface area contributed by atoms with Gasteiger partial charge in [-0.1, -0.05) is 18.0 Å². The molecule has 0 saturated carbocycles. The van der Waals surface area contributed by atoms with Gasteiger partial charge in [0.05, 0.1) is 11.9 Å². The molecule has 0 unspecified atom stereocenters. The molecule has 6 heteroatoms. The number of carbonyl (C=O) groups is 1. The van der Waals surface area contributed by atoms with Crippen molar-refractivity contribution in [1.29, 1.82) is 0 Å². The van der Waals surface area contributed by atoms with E-state index in [1.165, 1.54) is 18.2 Å². The summed E-state index contributed by atoms with van der Waals surface area (Å²) in [6.07, 6.45) is 4.88. The van der Waals surface area contributed by atoms with E-state index in [4.69, 9.17) is 0 Å². The zero-order chi connectivity index (χ0) is 10.2. The van der Waals surface area contributed by atoms with Crippen molar-refractivity contribution in [3.8, 4) is 0 Å². The average molecular weight is 210 g/mol. The first-order valence-corrected chi connectivity index (χ1v) is 5.08. The Morgan fingerprint density at radius 1 is 1.64 bits per heavy atom. The first kappa shape index (κ1) is 10.5. The second-order valence-electron chi connectivity index (χ2n) is 2.26. The average Bonchev–Trinajstić information content (AvgIpc) is 2.20. The molecule has 0 saturated heterocycles. The maximum absolute atomic E-state index is 10.9. The Morgan fingerprint density at radius 3 is 3.14 bits per heavy atom. The Hall–Kier alpha value is -1.56. The molecule has 0 aliphatic heterocycles. The van der Waals surface area contributed by atoms with Crippen molar-refractivity contribution in [3.63, 3.8) is 0 Å². The highest BCUT2D eigenvalue weighted by atomic mass is 32.2. The van der Waals surface area contributed by atoms with E-state index in [1.807, 2.05) is 12.1 Å². The fourth-order valence-corrected chi connectivity index (χ4v) is 0.956. The summed E-state index contributed by atoms with van der Waals surface area (Å²) in [5.74, 6) is 0. The lowest BCUT2D eigenvalue weighted by atomic mass is 10.4. The number of amides is 2. The van der Waals surface area contributed by atoms with Crippen LogP contribution in [-0.2, 0) is 0 Å². The quantitative estimate of drug-likeness (QED) is 0.444. The Morgan fingerprint density at radius 2 is 2.50 bits per heavy atom. The third kappa shape index (κ3) is 3.90. The lowest BCUT2D eigenvalue weighted by molar-refractivity contribution is 0.247. The monoisotopic (exact) mass is 210 g/mol. The number of hydrogen-bond donors (Lipinski definition) is 2. The van der Waals surface area contributed by atoms with Crippen LogP contribution >= 0.6 is 11.9 Å². The van der Waals surface area contributed by atoms with Crippen LogP contribution in [0.3, 0.4) is 0 Å². The predicted octanol–water partition coefficient (Wildman–Crippen LogP) is 0.993. The normalized spacial score (nSPS) is 10.1. The van der Waals surface area contributed by atoms with Crippen LogP contribution in [0.15, 0.2) is 29.5 Å². The summed E-state index contributed by atoms with van der Waals surface area (Å²) in [4.78, 5) is 14.9. The van der Waals surface area contributed by atoms with Crippen LogP contribution in [0, 0.1) is 0 Å². The van der Waals surface area contributed by atoms with Crippen molar-refractivity contribution in [2.45, 2.75) is 0 Å². The third-order valence-electron chi connectivity index (χ3n) is 1.25. The first-order chi connectivity index (χ1) is 6.83. The van der Waals surface area contributed by atoms with Crippen LogP contribution in [0.1, 0.15) is 5.69 Å². The van der Waals surface area contributed by atoms with Gasteiger partial charge in [0.1, 0.15) is 0 Å². The van der Waals surface area contributed by atoms with E-state index in [9.17, 15) is 4.79 Å². The molecule has 0 aliphatic rings. The van der Waals surface area contributed by atoms with Gasteiger partial charge in [-0.3, -0.25) is 9.71 Å². The number of rotatable bonds is 3. The maximum Gasteiger partial charge on any atom is 0.345 e. The highest BCUT2D eigenvalue weighted by Gasteiger charge is 1.93. The van der Waals surface area contributed by atoms with Gasteiger partial charge >= 0.3 is 6.03 Å². The molecule has 0 spiro atoms. The van der Waals surface area contributed by atoms with Crippen LogP contribution in [0.4, 0.5) is 4.79 Å². The van der Waals surface area contributed by atoms with E-state index in [0.29, 0.717) is 5.69 Å². The molecule has 5 nitrogen and oxygen atoms in total. The van der Waals surface area contributed by atoms with Crippen molar-refractivity contribution in [2.24, 2.45) is 5.10 Å². The summed E-state index contributed by atoms with van der Waals surface area (Å²) >= 11 is 1.20. The van der Waals surface area contributed by atoms with Crippen molar-refractivity contribution in [2.75, 3.05) is 6.26 Å². The van der Waals surface area contributed by atoms with E-state index in [0.717, 1.165) is 0 Å². The number of hydrogen-bond acceptors (Lipinski definition) is 4. The molecule has 2 N–H and O–H groups in total. The van der Waals surface area contributed by atoms with Crippen molar-refractivity contribution < 1.29 is 4.79 Å². The molecule has 1 heterocycles. The zero-order valence-electron chi connectivity index (χ0n) is 7.60. The Kier molecular flexibility index (Phi) is 4.49. The van der Waals surface area contributed by atoms with Crippen molar-refractivity contribution >= 4 is 24.2 Å². The minimum atomic E-state index is -0.357. The molecule has 0 bridgehead atoms. The Labute approximate surface area is 86.1 Å². The molecule has 1 aromatic rings. The lowest BCUT2D eigenvalue weighted by Gasteiger charge is -1.97. The van der Waals surface area contributed by atoms with Gasteiger partial charge in [0, 0.05) is 12.5 Å². The lowest BCUT2D eigenvalue weighted by Crippen LogP contribution is -2.26. The number of aromatic nitrogens is 1. The number of nitrogens with zero attached hydrogens (tertiary/aromatic N) is 2. The van der Waals surface area contributed by atoms with E-state index in [1.54, 1.807) is 18.5 Å². The van der Waals surface area contributed by atoms with E-state index >= 15 is 0 Å². The molecule has 74 valence electrons. The minimum Gasteiger partial charge on any atom is -0.281 e. The van der Waals surface area contributed by atoms with Crippen molar-refractivity contribution in [3.05, 3.63) is 30.1 Å². The maximum atomic E-state index is 10.9. The van der Waals surface area contributed by atoms with Gasteiger partial charge in [-0.15, -0.1) is 0 Å². The summed E-state index contributed by atoms with van der Waals surface area (Å²) < 4.78 is 2.46. The zero-order valence-corrected chi connectivity index (χ0v) is 8.41. The summed E-state index contributed by atoms with van der Waals surface area (Å²) in [5.41, 5.74) is 2.98. The molecular formula is C8H10N4OS. The predicted molar refractivity (Wildman–Crippen MR) is 57.0 cm³/mol. The summed E-state index contributed by atoms with van der Waals surface area (Å²) in [6.45, 7) is 0. The molecule has 2 amide bonds. The molecule has 0 aromatic carbocycles. The number of pyridine rings is 1. The largest absolute Gasteiger partial charge is 0.345 e. The van der Waals surface area contributed by atoms with E-state index < -0.39 is 0 Å². The van der Waals surface area contributed by atoms with Crippen LogP contribution in [-0.4, -0.2) is 23.5 Å². The molecule has 14 heavy (non-hydrogen) atoms. The van der Waals surface area contributed by atoms with E-state index in [2.05, 4.69) is 20.2 Å². The highest BCUT2D eigenvalue weighted by Crippen LogP contribution is 1.87. The third-order valence-corrected chi connectivity index (χ3v) is 1.63. The molecule has 0 fully saturated rings. The fourth-order valence-electron chi connectivity index (χ4n) is 0.725. The topological polar surface area (TPSA) is 66.4 Å². The molecule has 0 aliphatic carbocycles. The summed E-state index contributed by atoms with van der Waals surface area (Å²) in [7, 11) is 0.